The predicted molar refractivity (Wildman–Crippen MR) is 96.0 cm³/mol. The van der Waals surface area contributed by atoms with E-state index in [2.05, 4.69) is 10.5 Å². The number of methoxy groups -OCH3 is 1. The zero-order chi connectivity index (χ0) is 16.7. The lowest BCUT2D eigenvalue weighted by Gasteiger charge is -2.11. The Balaban J connectivity index is 2.10. The Bertz CT molecular complexity index is 699. The predicted octanol–water partition coefficient (Wildman–Crippen LogP) is 2.75. The van der Waals surface area contributed by atoms with Gasteiger partial charge in [0.15, 0.2) is 5.11 Å². The van der Waals surface area contributed by atoms with Crippen LogP contribution in [-0.4, -0.2) is 18.4 Å². The first-order valence-electron chi connectivity index (χ1n) is 7.03. The van der Waals surface area contributed by atoms with Gasteiger partial charge in [0.1, 0.15) is 18.1 Å². The molecule has 120 valence electrons. The van der Waals surface area contributed by atoms with Gasteiger partial charge in [-0.2, -0.15) is 5.10 Å². The van der Waals surface area contributed by atoms with Crippen LogP contribution in [0.5, 0.6) is 11.5 Å². The van der Waals surface area contributed by atoms with Crippen LogP contribution in [0.3, 0.4) is 0 Å². The van der Waals surface area contributed by atoms with Crippen LogP contribution in [0.4, 0.5) is 0 Å². The number of benzene rings is 2. The summed E-state index contributed by atoms with van der Waals surface area (Å²) in [4.78, 5) is 0. The molecule has 0 aliphatic carbocycles. The lowest BCUT2D eigenvalue weighted by molar-refractivity contribution is 0.296. The summed E-state index contributed by atoms with van der Waals surface area (Å²) in [6.45, 7) is 2.44. The highest BCUT2D eigenvalue weighted by Crippen LogP contribution is 2.22. The molecule has 0 aliphatic rings. The van der Waals surface area contributed by atoms with E-state index >= 15 is 0 Å². The quantitative estimate of drug-likeness (QED) is 0.484. The van der Waals surface area contributed by atoms with E-state index in [1.807, 2.05) is 49.4 Å². The fourth-order valence-electron chi connectivity index (χ4n) is 1.96. The number of hydrogen-bond acceptors (Lipinski definition) is 4. The van der Waals surface area contributed by atoms with E-state index in [0.29, 0.717) is 6.61 Å². The maximum Gasteiger partial charge on any atom is 0.184 e. The molecule has 0 unspecified atom stereocenters. The highest BCUT2D eigenvalue weighted by atomic mass is 32.1. The van der Waals surface area contributed by atoms with Crippen molar-refractivity contribution >= 4 is 23.5 Å². The molecule has 0 radical (unpaired) electrons. The number of rotatable bonds is 6. The molecule has 0 heterocycles. The molecule has 0 fully saturated rings. The molecule has 3 N–H and O–H groups in total. The van der Waals surface area contributed by atoms with E-state index in [1.165, 1.54) is 5.56 Å². The molecule has 5 nitrogen and oxygen atoms in total. The Morgan fingerprint density at radius 1 is 1.26 bits per heavy atom. The summed E-state index contributed by atoms with van der Waals surface area (Å²) in [5.41, 5.74) is 10.8. The maximum absolute atomic E-state index is 5.81. The molecule has 6 heteroatoms. The van der Waals surface area contributed by atoms with Crippen molar-refractivity contribution in [3.63, 3.8) is 0 Å². The zero-order valence-corrected chi connectivity index (χ0v) is 13.9. The minimum absolute atomic E-state index is 0.123. The molecule has 0 amide bonds. The van der Waals surface area contributed by atoms with Crippen LogP contribution in [0.25, 0.3) is 0 Å². The van der Waals surface area contributed by atoms with Crippen LogP contribution < -0.4 is 20.6 Å². The Labute approximate surface area is 141 Å². The summed E-state index contributed by atoms with van der Waals surface area (Å²) in [6, 6.07) is 13.6. The summed E-state index contributed by atoms with van der Waals surface area (Å²) < 4.78 is 11.2. The first-order valence-corrected chi connectivity index (χ1v) is 7.44. The molecule has 0 aromatic heterocycles. The number of aryl methyl sites for hydroxylation is 1. The first kappa shape index (κ1) is 16.8. The van der Waals surface area contributed by atoms with Crippen LogP contribution in [0.15, 0.2) is 47.6 Å². The normalized spacial score (nSPS) is 10.5. The second kappa shape index (κ2) is 8.14. The Kier molecular flexibility index (Phi) is 5.94. The van der Waals surface area contributed by atoms with Gasteiger partial charge in [0.05, 0.1) is 13.3 Å². The van der Waals surface area contributed by atoms with Crippen LogP contribution in [-0.2, 0) is 6.61 Å². The third-order valence-electron chi connectivity index (χ3n) is 3.11. The van der Waals surface area contributed by atoms with Gasteiger partial charge in [-0.3, -0.25) is 5.43 Å². The molecule has 0 saturated carbocycles. The second-order valence-electron chi connectivity index (χ2n) is 4.91. The van der Waals surface area contributed by atoms with Gasteiger partial charge in [0, 0.05) is 5.56 Å². The topological polar surface area (TPSA) is 68.9 Å². The van der Waals surface area contributed by atoms with Gasteiger partial charge in [0.25, 0.3) is 0 Å². The third-order valence-corrected chi connectivity index (χ3v) is 3.20. The first-order chi connectivity index (χ1) is 11.1. The highest BCUT2D eigenvalue weighted by molar-refractivity contribution is 7.80. The van der Waals surface area contributed by atoms with Crippen molar-refractivity contribution in [1.29, 1.82) is 0 Å². The molecule has 0 atom stereocenters. The molecular weight excluding hydrogens is 310 g/mol. The Morgan fingerprint density at radius 3 is 2.65 bits per heavy atom. The summed E-state index contributed by atoms with van der Waals surface area (Å²) in [7, 11) is 1.63. The van der Waals surface area contributed by atoms with E-state index in [1.54, 1.807) is 13.3 Å². The van der Waals surface area contributed by atoms with Crippen molar-refractivity contribution < 1.29 is 9.47 Å². The van der Waals surface area contributed by atoms with Crippen molar-refractivity contribution in [3.05, 3.63) is 59.2 Å². The van der Waals surface area contributed by atoms with Gasteiger partial charge in [-0.25, -0.2) is 0 Å². The largest absolute Gasteiger partial charge is 0.496 e. The summed E-state index contributed by atoms with van der Waals surface area (Å²) in [6.07, 6.45) is 1.63. The molecule has 0 aliphatic heterocycles. The van der Waals surface area contributed by atoms with Gasteiger partial charge >= 0.3 is 0 Å². The van der Waals surface area contributed by atoms with Crippen LogP contribution in [0.1, 0.15) is 16.7 Å². The third kappa shape index (κ3) is 5.27. The van der Waals surface area contributed by atoms with Gasteiger partial charge in [-0.15, -0.1) is 0 Å². The zero-order valence-electron chi connectivity index (χ0n) is 13.1. The Hall–Kier alpha value is -2.60. The minimum atomic E-state index is 0.123. The minimum Gasteiger partial charge on any atom is -0.496 e. The fourth-order valence-corrected chi connectivity index (χ4v) is 2.01. The van der Waals surface area contributed by atoms with Gasteiger partial charge in [0.2, 0.25) is 0 Å². The lowest BCUT2D eigenvalue weighted by Crippen LogP contribution is -2.24. The molecule has 0 spiro atoms. The molecule has 2 aromatic carbocycles. The second-order valence-corrected chi connectivity index (χ2v) is 5.35. The van der Waals surface area contributed by atoms with Crippen molar-refractivity contribution in [2.24, 2.45) is 10.8 Å². The van der Waals surface area contributed by atoms with Gasteiger partial charge in [-0.1, -0.05) is 17.7 Å². The number of hydrazone groups is 1. The number of nitrogens with two attached hydrogens (primary N) is 1. The molecular formula is C17H19N3O2S. The van der Waals surface area contributed by atoms with E-state index in [-0.39, 0.29) is 5.11 Å². The van der Waals surface area contributed by atoms with Crippen molar-refractivity contribution in [1.82, 2.24) is 5.43 Å². The number of thiocarbonyl (C=S) groups is 1. The smallest absolute Gasteiger partial charge is 0.184 e. The van der Waals surface area contributed by atoms with Gasteiger partial charge < -0.3 is 15.2 Å². The monoisotopic (exact) mass is 329 g/mol. The van der Waals surface area contributed by atoms with Crippen LogP contribution in [0, 0.1) is 6.92 Å². The fraction of sp³-hybridized carbons (Fsp3) is 0.176. The number of nitrogens with one attached hydrogen (secondary N) is 1. The van der Waals surface area contributed by atoms with Crippen LogP contribution in [0.2, 0.25) is 0 Å². The van der Waals surface area contributed by atoms with Crippen LogP contribution >= 0.6 is 12.2 Å². The van der Waals surface area contributed by atoms with E-state index < -0.39 is 0 Å². The van der Waals surface area contributed by atoms with E-state index in [0.717, 1.165) is 22.6 Å². The average Bonchev–Trinajstić information content (AvgIpc) is 2.54. The molecule has 2 rings (SSSR count). The summed E-state index contributed by atoms with van der Waals surface area (Å²) in [5, 5.41) is 4.07. The summed E-state index contributed by atoms with van der Waals surface area (Å²) in [5.74, 6) is 1.57. The SMILES string of the molecule is COc1ccc(C=NNC(N)=S)cc1COc1ccc(C)cc1. The number of nitrogens with zero attached hydrogens (tertiary/aromatic N) is 1. The standard InChI is InChI=1S/C17H19N3O2S/c1-12-3-6-15(7-4-12)22-11-14-9-13(5-8-16(14)21-2)10-19-20-17(18)23/h3-10H,11H2,1-2H3,(H3,18,20,23). The van der Waals surface area contributed by atoms with Crippen molar-refractivity contribution in [3.8, 4) is 11.5 Å². The average molecular weight is 329 g/mol. The number of hydrogen-bond donors (Lipinski definition) is 2. The van der Waals surface area contributed by atoms with Crippen molar-refractivity contribution in [2.45, 2.75) is 13.5 Å². The van der Waals surface area contributed by atoms with Gasteiger partial charge in [-0.05, 0) is 55.0 Å². The lowest BCUT2D eigenvalue weighted by atomic mass is 10.1. The van der Waals surface area contributed by atoms with E-state index in [9.17, 15) is 0 Å². The Morgan fingerprint density at radius 2 is 2.00 bits per heavy atom. The highest BCUT2D eigenvalue weighted by Gasteiger charge is 2.05. The van der Waals surface area contributed by atoms with Crippen molar-refractivity contribution in [2.75, 3.05) is 7.11 Å². The van der Waals surface area contributed by atoms with E-state index in [4.69, 9.17) is 27.4 Å². The molecule has 2 aromatic rings. The number of ether oxygens (including phenoxy) is 2. The molecule has 23 heavy (non-hydrogen) atoms. The maximum atomic E-state index is 5.81. The summed E-state index contributed by atoms with van der Waals surface area (Å²) >= 11 is 4.69. The molecule has 0 saturated heterocycles. The molecule has 0 bridgehead atoms.